The van der Waals surface area contributed by atoms with Crippen LogP contribution in [0.4, 0.5) is 15.9 Å². The standard InChI is InChI=1S/C18H18FN3O/c1-2-3-10-23-15-7-5-14(6-8-15)22-18-16-11-13(19)4-9-17(16)20-12-21-18/h4-9,11-12H,2-3,10H2,1H3,(H,20,21,22). The molecule has 0 bridgehead atoms. The van der Waals surface area contributed by atoms with Gasteiger partial charge in [0.25, 0.3) is 0 Å². The average Bonchev–Trinajstić information content (AvgIpc) is 2.57. The van der Waals surface area contributed by atoms with Crippen LogP contribution in [0.5, 0.6) is 5.75 Å². The van der Waals surface area contributed by atoms with Crippen LogP contribution in [0.15, 0.2) is 48.8 Å². The van der Waals surface area contributed by atoms with Gasteiger partial charge >= 0.3 is 0 Å². The first-order chi connectivity index (χ1) is 11.3. The van der Waals surface area contributed by atoms with Crippen molar-refractivity contribution in [1.29, 1.82) is 0 Å². The summed E-state index contributed by atoms with van der Waals surface area (Å²) in [5.41, 5.74) is 1.56. The lowest BCUT2D eigenvalue weighted by Crippen LogP contribution is -1.98. The molecule has 0 fully saturated rings. The van der Waals surface area contributed by atoms with Crippen molar-refractivity contribution in [3.63, 3.8) is 0 Å². The number of anilines is 2. The van der Waals surface area contributed by atoms with Crippen LogP contribution in [-0.4, -0.2) is 16.6 Å². The van der Waals surface area contributed by atoms with Crippen LogP contribution >= 0.6 is 0 Å². The molecule has 0 atom stereocenters. The van der Waals surface area contributed by atoms with Crippen molar-refractivity contribution in [2.24, 2.45) is 0 Å². The lowest BCUT2D eigenvalue weighted by molar-refractivity contribution is 0.309. The first-order valence-corrected chi connectivity index (χ1v) is 7.66. The van der Waals surface area contributed by atoms with Crippen LogP contribution in [0.3, 0.4) is 0 Å². The highest BCUT2D eigenvalue weighted by Gasteiger charge is 2.05. The normalized spacial score (nSPS) is 10.7. The van der Waals surface area contributed by atoms with E-state index >= 15 is 0 Å². The molecule has 0 amide bonds. The number of rotatable bonds is 6. The van der Waals surface area contributed by atoms with Crippen molar-refractivity contribution in [2.75, 3.05) is 11.9 Å². The number of nitrogens with zero attached hydrogens (tertiary/aromatic N) is 2. The zero-order valence-corrected chi connectivity index (χ0v) is 12.9. The van der Waals surface area contributed by atoms with E-state index < -0.39 is 0 Å². The fraction of sp³-hybridized carbons (Fsp3) is 0.222. The van der Waals surface area contributed by atoms with Gasteiger partial charge in [-0.15, -0.1) is 0 Å². The predicted molar refractivity (Wildman–Crippen MR) is 89.6 cm³/mol. The maximum atomic E-state index is 13.5. The topological polar surface area (TPSA) is 47.0 Å². The Morgan fingerprint density at radius 2 is 1.91 bits per heavy atom. The van der Waals surface area contributed by atoms with Crippen molar-refractivity contribution in [3.05, 3.63) is 54.6 Å². The van der Waals surface area contributed by atoms with Crippen molar-refractivity contribution < 1.29 is 9.13 Å². The molecule has 0 saturated carbocycles. The molecule has 3 rings (SSSR count). The molecule has 0 saturated heterocycles. The molecule has 1 heterocycles. The number of hydrogen-bond donors (Lipinski definition) is 1. The van der Waals surface area contributed by atoms with E-state index in [1.807, 2.05) is 24.3 Å². The molecule has 23 heavy (non-hydrogen) atoms. The van der Waals surface area contributed by atoms with Crippen molar-refractivity contribution in [3.8, 4) is 5.75 Å². The summed E-state index contributed by atoms with van der Waals surface area (Å²) in [5.74, 6) is 1.10. The second-order valence-electron chi connectivity index (χ2n) is 5.24. The van der Waals surface area contributed by atoms with Gasteiger partial charge in [-0.2, -0.15) is 0 Å². The smallest absolute Gasteiger partial charge is 0.141 e. The summed E-state index contributed by atoms with van der Waals surface area (Å²) in [6, 6.07) is 12.1. The number of hydrogen-bond acceptors (Lipinski definition) is 4. The van der Waals surface area contributed by atoms with Gasteiger partial charge in [0.1, 0.15) is 23.7 Å². The minimum atomic E-state index is -0.310. The van der Waals surface area contributed by atoms with Crippen LogP contribution in [0, 0.1) is 5.82 Å². The molecule has 2 aromatic carbocycles. The Bertz CT molecular complexity index is 790. The zero-order chi connectivity index (χ0) is 16.1. The number of fused-ring (bicyclic) bond motifs is 1. The van der Waals surface area contributed by atoms with Gasteiger partial charge in [0.2, 0.25) is 0 Å². The molecular weight excluding hydrogens is 293 g/mol. The fourth-order valence-corrected chi connectivity index (χ4v) is 2.23. The third-order valence-corrected chi connectivity index (χ3v) is 3.48. The number of ether oxygens (including phenoxy) is 1. The van der Waals surface area contributed by atoms with E-state index in [0.29, 0.717) is 16.7 Å². The maximum Gasteiger partial charge on any atom is 0.141 e. The molecule has 0 aliphatic heterocycles. The van der Waals surface area contributed by atoms with Gasteiger partial charge in [-0.1, -0.05) is 13.3 Å². The van der Waals surface area contributed by atoms with Crippen LogP contribution in [0.25, 0.3) is 10.9 Å². The third kappa shape index (κ3) is 3.74. The van der Waals surface area contributed by atoms with Gasteiger partial charge < -0.3 is 10.1 Å². The highest BCUT2D eigenvalue weighted by molar-refractivity contribution is 5.90. The second-order valence-corrected chi connectivity index (χ2v) is 5.24. The molecule has 1 aromatic heterocycles. The van der Waals surface area contributed by atoms with Crippen molar-refractivity contribution in [2.45, 2.75) is 19.8 Å². The van der Waals surface area contributed by atoms with E-state index in [1.165, 1.54) is 18.5 Å². The minimum absolute atomic E-state index is 0.310. The van der Waals surface area contributed by atoms with Crippen molar-refractivity contribution >= 4 is 22.4 Å². The highest BCUT2D eigenvalue weighted by Crippen LogP contribution is 2.25. The Balaban J connectivity index is 1.78. The monoisotopic (exact) mass is 311 g/mol. The summed E-state index contributed by atoms with van der Waals surface area (Å²) in [6.07, 6.45) is 3.61. The Kier molecular flexibility index (Phi) is 4.66. The Hall–Kier alpha value is -2.69. The van der Waals surface area contributed by atoms with Gasteiger partial charge in [0, 0.05) is 11.1 Å². The van der Waals surface area contributed by atoms with Gasteiger partial charge in [0.15, 0.2) is 0 Å². The highest BCUT2D eigenvalue weighted by atomic mass is 19.1. The largest absolute Gasteiger partial charge is 0.494 e. The number of benzene rings is 2. The van der Waals surface area contributed by atoms with E-state index in [-0.39, 0.29) is 5.82 Å². The molecule has 0 aliphatic rings. The number of halogens is 1. The van der Waals surface area contributed by atoms with Crippen LogP contribution in [-0.2, 0) is 0 Å². The minimum Gasteiger partial charge on any atom is -0.494 e. The van der Waals surface area contributed by atoms with Crippen molar-refractivity contribution in [1.82, 2.24) is 9.97 Å². The summed E-state index contributed by atoms with van der Waals surface area (Å²) in [4.78, 5) is 8.35. The van der Waals surface area contributed by atoms with Gasteiger partial charge in [-0.3, -0.25) is 0 Å². The molecule has 4 nitrogen and oxygen atoms in total. The molecule has 1 N–H and O–H groups in total. The molecule has 0 spiro atoms. The molecular formula is C18H18FN3O. The maximum absolute atomic E-state index is 13.5. The third-order valence-electron chi connectivity index (χ3n) is 3.48. The van der Waals surface area contributed by atoms with Gasteiger partial charge in [0.05, 0.1) is 12.1 Å². The summed E-state index contributed by atoms with van der Waals surface area (Å²) in [5, 5.41) is 3.84. The predicted octanol–water partition coefficient (Wildman–Crippen LogP) is 4.69. The average molecular weight is 311 g/mol. The molecule has 118 valence electrons. The van der Waals surface area contributed by atoms with Gasteiger partial charge in [-0.05, 0) is 48.9 Å². The van der Waals surface area contributed by atoms with E-state index in [2.05, 4.69) is 22.2 Å². The lowest BCUT2D eigenvalue weighted by atomic mass is 10.2. The van der Waals surface area contributed by atoms with E-state index in [1.54, 1.807) is 6.07 Å². The summed E-state index contributed by atoms with van der Waals surface area (Å²) >= 11 is 0. The van der Waals surface area contributed by atoms with E-state index in [0.717, 1.165) is 30.9 Å². The molecule has 5 heteroatoms. The molecule has 0 unspecified atom stereocenters. The van der Waals surface area contributed by atoms with Crippen LogP contribution in [0.2, 0.25) is 0 Å². The SMILES string of the molecule is CCCCOc1ccc(Nc2ncnc3ccc(F)cc23)cc1. The lowest BCUT2D eigenvalue weighted by Gasteiger charge is -2.10. The molecule has 0 aliphatic carbocycles. The van der Waals surface area contributed by atoms with Crippen LogP contribution in [0.1, 0.15) is 19.8 Å². The second kappa shape index (κ2) is 7.05. The van der Waals surface area contributed by atoms with E-state index in [4.69, 9.17) is 4.74 Å². The number of nitrogens with one attached hydrogen (secondary N) is 1. The molecule has 0 radical (unpaired) electrons. The van der Waals surface area contributed by atoms with Gasteiger partial charge in [-0.25, -0.2) is 14.4 Å². The van der Waals surface area contributed by atoms with Crippen LogP contribution < -0.4 is 10.1 Å². The number of aromatic nitrogens is 2. The Morgan fingerprint density at radius 1 is 1.09 bits per heavy atom. The summed E-state index contributed by atoms with van der Waals surface area (Å²) < 4.78 is 19.1. The van der Waals surface area contributed by atoms with E-state index in [9.17, 15) is 4.39 Å². The first kappa shape index (κ1) is 15.2. The summed E-state index contributed by atoms with van der Waals surface area (Å²) in [7, 11) is 0. The summed E-state index contributed by atoms with van der Waals surface area (Å²) in [6.45, 7) is 2.85. The number of unbranched alkanes of at least 4 members (excludes halogenated alkanes) is 1. The molecule has 3 aromatic rings. The fourth-order valence-electron chi connectivity index (χ4n) is 2.23. The Morgan fingerprint density at radius 3 is 2.70 bits per heavy atom. The quantitative estimate of drug-likeness (QED) is 0.671. The Labute approximate surface area is 134 Å². The first-order valence-electron chi connectivity index (χ1n) is 7.66. The zero-order valence-electron chi connectivity index (χ0n) is 12.9.